The molecule has 4 heteroatoms. The summed E-state index contributed by atoms with van der Waals surface area (Å²) < 4.78 is 0. The first-order valence-electron chi connectivity index (χ1n) is 3.58. The molecule has 68 valence electrons. The maximum Gasteiger partial charge on any atom is 0.321 e. The van der Waals surface area contributed by atoms with Gasteiger partial charge in [-0.3, -0.25) is 4.79 Å². The minimum absolute atomic E-state index is 0.0106. The molecular weight excluding hydrogens is 174 g/mol. The van der Waals surface area contributed by atoms with Gasteiger partial charge in [0.1, 0.15) is 6.04 Å². The Balaban J connectivity index is 3.95. The van der Waals surface area contributed by atoms with E-state index in [1.807, 2.05) is 6.92 Å². The number of terminal acetylenes is 1. The van der Waals surface area contributed by atoms with Crippen LogP contribution >= 0.6 is 11.8 Å². The summed E-state index contributed by atoms with van der Waals surface area (Å²) in [7, 11) is 1.63. The second-order valence-corrected chi connectivity index (χ2v) is 3.69. The summed E-state index contributed by atoms with van der Waals surface area (Å²) in [5.74, 6) is 2.17. The van der Waals surface area contributed by atoms with E-state index in [0.29, 0.717) is 5.75 Å². The van der Waals surface area contributed by atoms with Gasteiger partial charge in [-0.1, -0.05) is 12.8 Å². The minimum Gasteiger partial charge on any atom is -0.480 e. The van der Waals surface area contributed by atoms with Gasteiger partial charge in [-0.2, -0.15) is 0 Å². The van der Waals surface area contributed by atoms with E-state index in [1.54, 1.807) is 7.05 Å². The number of thioether (sulfide) groups is 1. The predicted octanol–water partition coefficient (Wildman–Crippen LogP) is 0.414. The van der Waals surface area contributed by atoms with E-state index in [2.05, 4.69) is 11.2 Å². The average Bonchev–Trinajstić information content (AvgIpc) is 2.01. The number of nitrogens with one attached hydrogen (secondary N) is 1. The lowest BCUT2D eigenvalue weighted by Gasteiger charge is -2.17. The van der Waals surface area contributed by atoms with Gasteiger partial charge >= 0.3 is 5.97 Å². The molecule has 0 bridgehead atoms. The molecule has 0 saturated heterocycles. The Morgan fingerprint density at radius 1 is 1.83 bits per heavy atom. The molecule has 0 saturated carbocycles. The van der Waals surface area contributed by atoms with Crippen LogP contribution in [0.4, 0.5) is 0 Å². The van der Waals surface area contributed by atoms with E-state index < -0.39 is 12.0 Å². The minimum atomic E-state index is -0.838. The number of carboxylic acids is 1. The molecule has 2 atom stereocenters. The van der Waals surface area contributed by atoms with Crippen molar-refractivity contribution in [1.29, 1.82) is 0 Å². The van der Waals surface area contributed by atoms with Gasteiger partial charge in [0.15, 0.2) is 0 Å². The molecule has 12 heavy (non-hydrogen) atoms. The van der Waals surface area contributed by atoms with Crippen LogP contribution in [0.25, 0.3) is 0 Å². The third-order valence-electron chi connectivity index (χ3n) is 1.48. The van der Waals surface area contributed by atoms with Crippen LogP contribution in [0.2, 0.25) is 0 Å². The largest absolute Gasteiger partial charge is 0.480 e. The number of likely N-dealkylation sites (N-methyl/N-ethyl adjacent to an activating group) is 1. The molecule has 0 aromatic heterocycles. The summed E-state index contributed by atoms with van der Waals surface area (Å²) in [6, 6.07) is -0.525. The third-order valence-corrected chi connectivity index (χ3v) is 2.61. The molecule has 0 amide bonds. The zero-order valence-electron chi connectivity index (χ0n) is 7.20. The fourth-order valence-corrected chi connectivity index (χ4v) is 1.64. The van der Waals surface area contributed by atoms with Crippen molar-refractivity contribution in [3.63, 3.8) is 0 Å². The molecule has 0 heterocycles. The van der Waals surface area contributed by atoms with Gasteiger partial charge in [0.05, 0.1) is 5.75 Å². The Morgan fingerprint density at radius 2 is 2.42 bits per heavy atom. The first kappa shape index (κ1) is 11.3. The van der Waals surface area contributed by atoms with Crippen molar-refractivity contribution >= 4 is 17.7 Å². The Hall–Kier alpha value is -0.660. The third kappa shape index (κ3) is 3.65. The van der Waals surface area contributed by atoms with Gasteiger partial charge in [0.25, 0.3) is 0 Å². The van der Waals surface area contributed by atoms with E-state index in [-0.39, 0.29) is 5.25 Å². The first-order chi connectivity index (χ1) is 5.63. The van der Waals surface area contributed by atoms with Crippen LogP contribution in [0.5, 0.6) is 0 Å². The fraction of sp³-hybridized carbons (Fsp3) is 0.625. The second-order valence-electron chi connectivity index (χ2n) is 2.32. The van der Waals surface area contributed by atoms with Crippen LogP contribution in [0.3, 0.4) is 0 Å². The van der Waals surface area contributed by atoms with E-state index in [0.717, 1.165) is 0 Å². The summed E-state index contributed by atoms with van der Waals surface area (Å²) in [6.07, 6.45) is 5.06. The van der Waals surface area contributed by atoms with Gasteiger partial charge < -0.3 is 10.4 Å². The first-order valence-corrected chi connectivity index (χ1v) is 4.63. The van der Waals surface area contributed by atoms with E-state index in [1.165, 1.54) is 11.8 Å². The van der Waals surface area contributed by atoms with Crippen LogP contribution in [-0.2, 0) is 4.79 Å². The predicted molar refractivity (Wildman–Crippen MR) is 51.2 cm³/mol. The summed E-state index contributed by atoms with van der Waals surface area (Å²) in [5.41, 5.74) is 0. The quantitative estimate of drug-likeness (QED) is 0.612. The molecular formula is C8H13NO2S. The average molecular weight is 187 g/mol. The van der Waals surface area contributed by atoms with Crippen molar-refractivity contribution < 1.29 is 9.90 Å². The zero-order chi connectivity index (χ0) is 9.56. The van der Waals surface area contributed by atoms with Crippen molar-refractivity contribution in [2.24, 2.45) is 0 Å². The number of hydrogen-bond acceptors (Lipinski definition) is 3. The van der Waals surface area contributed by atoms with Crippen molar-refractivity contribution in [2.75, 3.05) is 12.8 Å². The molecule has 0 fully saturated rings. The lowest BCUT2D eigenvalue weighted by Crippen LogP contribution is -2.41. The van der Waals surface area contributed by atoms with Crippen LogP contribution in [0.1, 0.15) is 6.92 Å². The highest BCUT2D eigenvalue weighted by Crippen LogP contribution is 2.13. The van der Waals surface area contributed by atoms with E-state index in [4.69, 9.17) is 11.5 Å². The Labute approximate surface area is 76.9 Å². The molecule has 0 aliphatic rings. The maximum absolute atomic E-state index is 10.6. The number of hydrogen-bond donors (Lipinski definition) is 2. The standard InChI is InChI=1S/C8H13NO2S/c1-4-5-12-6(2)7(9-3)8(10)11/h1,6-7,9H,5H2,2-3H3,(H,10,11)/t6?,7-/m0/s1. The smallest absolute Gasteiger partial charge is 0.321 e. The van der Waals surface area contributed by atoms with Gasteiger partial charge in [0, 0.05) is 5.25 Å². The molecule has 0 aromatic rings. The fourth-order valence-electron chi connectivity index (χ4n) is 0.835. The molecule has 0 spiro atoms. The SMILES string of the molecule is C#CCSC(C)[C@H](NC)C(=O)O. The molecule has 1 unspecified atom stereocenters. The molecule has 0 radical (unpaired) electrons. The lowest BCUT2D eigenvalue weighted by atomic mass is 10.2. The highest BCUT2D eigenvalue weighted by Gasteiger charge is 2.22. The molecule has 0 rings (SSSR count). The Kier molecular flexibility index (Phi) is 5.60. The van der Waals surface area contributed by atoms with Crippen LogP contribution < -0.4 is 5.32 Å². The van der Waals surface area contributed by atoms with Crippen molar-refractivity contribution in [1.82, 2.24) is 5.32 Å². The Morgan fingerprint density at radius 3 is 2.75 bits per heavy atom. The van der Waals surface area contributed by atoms with Crippen LogP contribution in [-0.4, -0.2) is 35.2 Å². The van der Waals surface area contributed by atoms with Gasteiger partial charge in [-0.15, -0.1) is 18.2 Å². The Bertz CT molecular complexity index is 188. The molecule has 0 aliphatic carbocycles. The van der Waals surface area contributed by atoms with E-state index >= 15 is 0 Å². The topological polar surface area (TPSA) is 49.3 Å². The lowest BCUT2D eigenvalue weighted by molar-refractivity contribution is -0.139. The maximum atomic E-state index is 10.6. The van der Waals surface area contributed by atoms with Crippen molar-refractivity contribution in [3.8, 4) is 12.3 Å². The van der Waals surface area contributed by atoms with Crippen LogP contribution in [0.15, 0.2) is 0 Å². The molecule has 0 aliphatic heterocycles. The van der Waals surface area contributed by atoms with Crippen LogP contribution in [0, 0.1) is 12.3 Å². The second kappa shape index (κ2) is 5.92. The molecule has 0 aromatic carbocycles. The zero-order valence-corrected chi connectivity index (χ0v) is 8.02. The van der Waals surface area contributed by atoms with Crippen molar-refractivity contribution in [2.45, 2.75) is 18.2 Å². The van der Waals surface area contributed by atoms with Gasteiger partial charge in [-0.25, -0.2) is 0 Å². The monoisotopic (exact) mass is 187 g/mol. The number of aliphatic carboxylic acids is 1. The summed E-state index contributed by atoms with van der Waals surface area (Å²) in [6.45, 7) is 1.84. The summed E-state index contributed by atoms with van der Waals surface area (Å²) in [4.78, 5) is 10.6. The normalized spacial score (nSPS) is 14.8. The highest BCUT2D eigenvalue weighted by molar-refractivity contribution is 8.00. The molecule has 3 nitrogen and oxygen atoms in total. The summed E-state index contributed by atoms with van der Waals surface area (Å²) >= 11 is 1.46. The molecule has 2 N–H and O–H groups in total. The number of carbonyl (C=O) groups is 1. The summed E-state index contributed by atoms with van der Waals surface area (Å²) in [5, 5.41) is 11.4. The van der Waals surface area contributed by atoms with Gasteiger partial charge in [0.2, 0.25) is 0 Å². The van der Waals surface area contributed by atoms with E-state index in [9.17, 15) is 4.79 Å². The van der Waals surface area contributed by atoms with Gasteiger partial charge in [-0.05, 0) is 7.05 Å². The highest BCUT2D eigenvalue weighted by atomic mass is 32.2. The number of carboxylic acid groups (broad SMARTS) is 1. The van der Waals surface area contributed by atoms with Crippen molar-refractivity contribution in [3.05, 3.63) is 0 Å². The number of rotatable bonds is 5.